The molecule has 22 heavy (non-hydrogen) atoms. The van der Waals surface area contributed by atoms with Crippen LogP contribution in [0, 0.1) is 0 Å². The van der Waals surface area contributed by atoms with Gasteiger partial charge in [0.25, 0.3) is 6.02 Å². The van der Waals surface area contributed by atoms with Crippen LogP contribution in [0.15, 0.2) is 23.2 Å². The van der Waals surface area contributed by atoms with Gasteiger partial charge in [0, 0.05) is 13.0 Å². The number of para-hydroxylation sites is 1. The first-order valence-electron chi connectivity index (χ1n) is 7.17. The van der Waals surface area contributed by atoms with Crippen LogP contribution in [0.5, 0.6) is 5.75 Å². The summed E-state index contributed by atoms with van der Waals surface area (Å²) in [6.07, 6.45) is 0.251. The zero-order chi connectivity index (χ0) is 15.7. The standard InChI is InChI=1S/C15H19N3O4/c1-3-18(14(19)20-2)11-6-4-5-10-7-15(8-21-12(10)11)9-22-13(16)17-15/h4-6H,3,7-9H2,1-2H3,(H2,16,17). The minimum Gasteiger partial charge on any atom is -0.488 e. The van der Waals surface area contributed by atoms with Crippen molar-refractivity contribution < 1.29 is 19.0 Å². The predicted molar refractivity (Wildman–Crippen MR) is 81.4 cm³/mol. The first-order chi connectivity index (χ1) is 10.6. The van der Waals surface area contributed by atoms with E-state index < -0.39 is 11.6 Å². The minimum absolute atomic E-state index is 0.202. The lowest BCUT2D eigenvalue weighted by Gasteiger charge is -2.33. The topological polar surface area (TPSA) is 86.4 Å². The smallest absolute Gasteiger partial charge is 0.414 e. The molecule has 2 aliphatic heterocycles. The lowest BCUT2D eigenvalue weighted by atomic mass is 9.90. The summed E-state index contributed by atoms with van der Waals surface area (Å²) in [5, 5.41) is 0. The third kappa shape index (κ3) is 2.32. The fraction of sp³-hybridized carbons (Fsp3) is 0.467. The van der Waals surface area contributed by atoms with Gasteiger partial charge in [-0.15, -0.1) is 0 Å². The summed E-state index contributed by atoms with van der Waals surface area (Å²) in [6, 6.07) is 5.91. The first-order valence-corrected chi connectivity index (χ1v) is 7.17. The molecule has 0 saturated heterocycles. The van der Waals surface area contributed by atoms with Crippen LogP contribution < -0.4 is 15.4 Å². The van der Waals surface area contributed by atoms with Crippen molar-refractivity contribution in [1.82, 2.24) is 0 Å². The van der Waals surface area contributed by atoms with E-state index >= 15 is 0 Å². The van der Waals surface area contributed by atoms with Crippen LogP contribution in [-0.2, 0) is 15.9 Å². The van der Waals surface area contributed by atoms with E-state index in [0.717, 1.165) is 5.56 Å². The Balaban J connectivity index is 1.95. The van der Waals surface area contributed by atoms with E-state index in [-0.39, 0.29) is 6.02 Å². The van der Waals surface area contributed by atoms with E-state index in [1.54, 1.807) is 4.90 Å². The number of nitrogens with two attached hydrogens (primary N) is 1. The molecule has 1 aromatic carbocycles. The van der Waals surface area contributed by atoms with Crippen molar-refractivity contribution in [2.75, 3.05) is 31.8 Å². The van der Waals surface area contributed by atoms with Crippen LogP contribution in [-0.4, -0.2) is 44.5 Å². The number of amidine groups is 1. The van der Waals surface area contributed by atoms with Crippen molar-refractivity contribution in [3.8, 4) is 5.75 Å². The highest BCUT2D eigenvalue weighted by Crippen LogP contribution is 2.40. The van der Waals surface area contributed by atoms with Crippen LogP contribution in [0.2, 0.25) is 0 Å². The second-order valence-corrected chi connectivity index (χ2v) is 5.41. The highest BCUT2D eigenvalue weighted by atomic mass is 16.5. The fourth-order valence-electron chi connectivity index (χ4n) is 2.88. The predicted octanol–water partition coefficient (Wildman–Crippen LogP) is 1.30. The Labute approximate surface area is 128 Å². The van der Waals surface area contributed by atoms with Crippen molar-refractivity contribution in [3.05, 3.63) is 23.8 Å². The average Bonchev–Trinajstić information content (AvgIpc) is 2.88. The van der Waals surface area contributed by atoms with Crippen molar-refractivity contribution in [2.24, 2.45) is 10.7 Å². The molecule has 0 saturated carbocycles. The van der Waals surface area contributed by atoms with E-state index in [1.807, 2.05) is 25.1 Å². The van der Waals surface area contributed by atoms with Crippen molar-refractivity contribution in [2.45, 2.75) is 18.9 Å². The number of amides is 1. The molecule has 0 aliphatic carbocycles. The number of hydrogen-bond donors (Lipinski definition) is 1. The third-order valence-electron chi connectivity index (χ3n) is 3.92. The maximum absolute atomic E-state index is 11.9. The van der Waals surface area contributed by atoms with E-state index in [2.05, 4.69) is 4.99 Å². The number of aliphatic imine (C=N–C) groups is 1. The zero-order valence-electron chi connectivity index (χ0n) is 12.7. The summed E-state index contributed by atoms with van der Waals surface area (Å²) in [6.45, 7) is 3.16. The Morgan fingerprint density at radius 1 is 1.45 bits per heavy atom. The Hall–Kier alpha value is -2.44. The molecular formula is C15H19N3O4. The molecule has 0 fully saturated rings. The maximum Gasteiger partial charge on any atom is 0.414 e. The highest BCUT2D eigenvalue weighted by Gasteiger charge is 2.42. The molecule has 0 aromatic heterocycles. The molecule has 3 rings (SSSR count). The summed E-state index contributed by atoms with van der Waals surface area (Å²) in [5.41, 5.74) is 6.85. The van der Waals surface area contributed by atoms with Gasteiger partial charge in [0.1, 0.15) is 24.5 Å². The average molecular weight is 305 g/mol. The number of carbonyl (C=O) groups excluding carboxylic acids is 1. The van der Waals surface area contributed by atoms with E-state index in [0.29, 0.717) is 37.6 Å². The van der Waals surface area contributed by atoms with Crippen LogP contribution in [0.4, 0.5) is 10.5 Å². The molecule has 118 valence electrons. The van der Waals surface area contributed by atoms with Gasteiger partial charge >= 0.3 is 6.09 Å². The molecule has 0 radical (unpaired) electrons. The Morgan fingerprint density at radius 2 is 2.23 bits per heavy atom. The molecule has 1 atom stereocenters. The van der Waals surface area contributed by atoms with Gasteiger partial charge in [-0.1, -0.05) is 12.1 Å². The molecule has 0 bridgehead atoms. The van der Waals surface area contributed by atoms with Gasteiger partial charge in [-0.2, -0.15) is 0 Å². The maximum atomic E-state index is 11.9. The second kappa shape index (κ2) is 5.40. The molecule has 1 spiro atoms. The lowest BCUT2D eigenvalue weighted by Crippen LogP contribution is -2.42. The number of carbonyl (C=O) groups is 1. The summed E-state index contributed by atoms with van der Waals surface area (Å²) >= 11 is 0. The second-order valence-electron chi connectivity index (χ2n) is 5.41. The number of methoxy groups -OCH3 is 1. The van der Waals surface area contributed by atoms with Gasteiger partial charge < -0.3 is 19.9 Å². The first kappa shape index (κ1) is 14.5. The van der Waals surface area contributed by atoms with Gasteiger partial charge in [-0.25, -0.2) is 9.79 Å². The van der Waals surface area contributed by atoms with Gasteiger partial charge in [0.05, 0.1) is 12.8 Å². The lowest BCUT2D eigenvalue weighted by molar-refractivity contribution is 0.152. The zero-order valence-corrected chi connectivity index (χ0v) is 12.7. The molecule has 7 nitrogen and oxygen atoms in total. The van der Waals surface area contributed by atoms with E-state index in [1.165, 1.54) is 7.11 Å². The fourth-order valence-corrected chi connectivity index (χ4v) is 2.88. The Morgan fingerprint density at radius 3 is 2.86 bits per heavy atom. The van der Waals surface area contributed by atoms with Gasteiger partial charge in [-0.3, -0.25) is 4.90 Å². The van der Waals surface area contributed by atoms with Gasteiger partial charge in [0.2, 0.25) is 0 Å². The van der Waals surface area contributed by atoms with Crippen LogP contribution in [0.25, 0.3) is 0 Å². The van der Waals surface area contributed by atoms with Crippen molar-refractivity contribution in [3.63, 3.8) is 0 Å². The van der Waals surface area contributed by atoms with Crippen LogP contribution in [0.1, 0.15) is 12.5 Å². The summed E-state index contributed by atoms with van der Waals surface area (Å²) in [4.78, 5) is 17.8. The van der Waals surface area contributed by atoms with Crippen LogP contribution in [0.3, 0.4) is 0 Å². The summed E-state index contributed by atoms with van der Waals surface area (Å²) in [5.74, 6) is 0.695. The summed E-state index contributed by atoms with van der Waals surface area (Å²) < 4.78 is 16.0. The van der Waals surface area contributed by atoms with E-state index in [4.69, 9.17) is 19.9 Å². The molecule has 1 aromatic rings. The quantitative estimate of drug-likeness (QED) is 0.890. The monoisotopic (exact) mass is 305 g/mol. The Kier molecular flexibility index (Phi) is 3.56. The SMILES string of the molecule is CCN(C(=O)OC)c1cccc2c1OCC1(COC(N)=N1)C2. The number of anilines is 1. The molecule has 1 amide bonds. The molecular weight excluding hydrogens is 286 g/mol. The largest absolute Gasteiger partial charge is 0.488 e. The number of ether oxygens (including phenoxy) is 3. The van der Waals surface area contributed by atoms with E-state index in [9.17, 15) is 4.79 Å². The van der Waals surface area contributed by atoms with Gasteiger partial charge in [0.15, 0.2) is 0 Å². The number of nitrogens with zero attached hydrogens (tertiary/aromatic N) is 2. The molecule has 2 heterocycles. The molecule has 2 N–H and O–H groups in total. The van der Waals surface area contributed by atoms with Crippen molar-refractivity contribution in [1.29, 1.82) is 0 Å². The van der Waals surface area contributed by atoms with Crippen LogP contribution >= 0.6 is 0 Å². The molecule has 1 unspecified atom stereocenters. The Bertz CT molecular complexity index is 631. The summed E-state index contributed by atoms with van der Waals surface area (Å²) in [7, 11) is 1.36. The molecule has 7 heteroatoms. The van der Waals surface area contributed by atoms with Gasteiger partial charge in [-0.05, 0) is 18.6 Å². The minimum atomic E-state index is -0.460. The number of benzene rings is 1. The number of hydrogen-bond acceptors (Lipinski definition) is 6. The molecule has 2 aliphatic rings. The highest BCUT2D eigenvalue weighted by molar-refractivity contribution is 5.90. The third-order valence-corrected chi connectivity index (χ3v) is 3.92. The number of fused-ring (bicyclic) bond motifs is 1. The normalized spacial score (nSPS) is 22.4. The number of rotatable bonds is 2. The van der Waals surface area contributed by atoms with Crippen molar-refractivity contribution >= 4 is 17.8 Å².